The van der Waals surface area contributed by atoms with E-state index < -0.39 is 11.8 Å². The summed E-state index contributed by atoms with van der Waals surface area (Å²) in [5.74, 6) is -3.11. The van der Waals surface area contributed by atoms with E-state index in [1.165, 1.54) is 0 Å². The summed E-state index contributed by atoms with van der Waals surface area (Å²) in [5.41, 5.74) is 0.841. The largest absolute Gasteiger partial charge is 0.307 e. The van der Waals surface area contributed by atoms with Gasteiger partial charge in [-0.3, -0.25) is 0 Å². The number of rotatable bonds is 0. The number of fused-ring (bicyclic) bond motifs is 1. The van der Waals surface area contributed by atoms with Gasteiger partial charge in [-0.05, 0) is 12.0 Å². The third kappa shape index (κ3) is 1.18. The fourth-order valence-electron chi connectivity index (χ4n) is 1.80. The van der Waals surface area contributed by atoms with E-state index >= 15 is 0 Å². The minimum atomic E-state index is -2.56. The zero-order valence-corrected chi connectivity index (χ0v) is 6.69. The zero-order chi connectivity index (χ0) is 8.60. The second kappa shape index (κ2) is 2.66. The molecule has 0 radical (unpaired) electrons. The van der Waals surface area contributed by atoms with Crippen molar-refractivity contribution in [2.75, 3.05) is 13.1 Å². The van der Waals surface area contributed by atoms with Crippen molar-refractivity contribution in [1.29, 1.82) is 0 Å². The molecule has 1 heterocycles. The van der Waals surface area contributed by atoms with Crippen LogP contribution in [0.3, 0.4) is 0 Å². The highest BCUT2D eigenvalue weighted by molar-refractivity contribution is 5.26. The van der Waals surface area contributed by atoms with Crippen LogP contribution in [-0.4, -0.2) is 19.0 Å². The number of halogens is 2. The first-order chi connectivity index (χ1) is 5.70. The standard InChI is InChI=1S/C9H11F2N/c10-9(11)6-12-5-7-3-1-2-4-8(7)9/h1-3,8,12H,4-6H2. The van der Waals surface area contributed by atoms with E-state index in [0.29, 0.717) is 13.0 Å². The van der Waals surface area contributed by atoms with E-state index in [2.05, 4.69) is 5.32 Å². The summed E-state index contributed by atoms with van der Waals surface area (Å²) in [6.45, 7) is 0.438. The number of piperidine rings is 1. The molecule has 0 saturated carbocycles. The summed E-state index contributed by atoms with van der Waals surface area (Å²) in [5, 5.41) is 2.72. The van der Waals surface area contributed by atoms with Crippen LogP contribution in [0.25, 0.3) is 0 Å². The zero-order valence-electron chi connectivity index (χ0n) is 6.69. The monoisotopic (exact) mass is 171 g/mol. The first-order valence-corrected chi connectivity index (χ1v) is 4.14. The third-order valence-corrected chi connectivity index (χ3v) is 2.47. The molecule has 3 heteroatoms. The molecule has 1 fully saturated rings. The van der Waals surface area contributed by atoms with Crippen molar-refractivity contribution in [2.24, 2.45) is 5.92 Å². The van der Waals surface area contributed by atoms with Crippen LogP contribution < -0.4 is 5.32 Å². The molecule has 1 N–H and O–H groups in total. The predicted octanol–water partition coefficient (Wildman–Crippen LogP) is 1.73. The Morgan fingerprint density at radius 2 is 2.33 bits per heavy atom. The lowest BCUT2D eigenvalue weighted by Crippen LogP contribution is -2.47. The molecule has 0 aromatic rings. The van der Waals surface area contributed by atoms with E-state index in [-0.39, 0.29) is 6.54 Å². The summed E-state index contributed by atoms with van der Waals surface area (Å²) in [7, 11) is 0. The smallest absolute Gasteiger partial charge is 0.267 e. The molecule has 1 nitrogen and oxygen atoms in total. The van der Waals surface area contributed by atoms with Crippen LogP contribution in [0.4, 0.5) is 8.78 Å². The van der Waals surface area contributed by atoms with Crippen molar-refractivity contribution < 1.29 is 8.78 Å². The highest BCUT2D eigenvalue weighted by Crippen LogP contribution is 2.37. The van der Waals surface area contributed by atoms with E-state index in [1.54, 1.807) is 6.08 Å². The molecule has 1 unspecified atom stereocenters. The molecule has 1 aliphatic heterocycles. The van der Waals surface area contributed by atoms with E-state index in [0.717, 1.165) is 5.57 Å². The molecule has 1 saturated heterocycles. The van der Waals surface area contributed by atoms with Gasteiger partial charge >= 0.3 is 0 Å². The number of hydrogen-bond acceptors (Lipinski definition) is 1. The summed E-state index contributed by atoms with van der Waals surface area (Å²) in [6, 6.07) is 0. The van der Waals surface area contributed by atoms with Gasteiger partial charge in [0.1, 0.15) is 0 Å². The van der Waals surface area contributed by atoms with Gasteiger partial charge in [0.15, 0.2) is 0 Å². The lowest BCUT2D eigenvalue weighted by atomic mass is 9.83. The number of allylic oxidation sites excluding steroid dienone is 3. The van der Waals surface area contributed by atoms with Crippen molar-refractivity contribution >= 4 is 0 Å². The van der Waals surface area contributed by atoms with Gasteiger partial charge in [0.25, 0.3) is 5.92 Å². The summed E-state index contributed by atoms with van der Waals surface area (Å²) >= 11 is 0. The lowest BCUT2D eigenvalue weighted by Gasteiger charge is -2.34. The van der Waals surface area contributed by atoms with Gasteiger partial charge in [-0.2, -0.15) is 0 Å². The predicted molar refractivity (Wildman–Crippen MR) is 43.1 cm³/mol. The number of hydrogen-bond donors (Lipinski definition) is 1. The minimum absolute atomic E-state index is 0.178. The molecule has 2 rings (SSSR count). The topological polar surface area (TPSA) is 12.0 Å². The highest BCUT2D eigenvalue weighted by Gasteiger charge is 2.43. The molecule has 2 aliphatic rings. The Hall–Kier alpha value is -0.700. The van der Waals surface area contributed by atoms with Crippen molar-refractivity contribution in [3.05, 3.63) is 23.8 Å². The maximum absolute atomic E-state index is 13.2. The average molecular weight is 171 g/mol. The molecule has 0 spiro atoms. The Balaban J connectivity index is 2.26. The van der Waals surface area contributed by atoms with E-state index in [4.69, 9.17) is 0 Å². The fraction of sp³-hybridized carbons (Fsp3) is 0.556. The summed E-state index contributed by atoms with van der Waals surface area (Å²) in [6.07, 6.45) is 5.96. The van der Waals surface area contributed by atoms with Gasteiger partial charge in [0.2, 0.25) is 0 Å². The van der Waals surface area contributed by atoms with Gasteiger partial charge in [-0.25, -0.2) is 8.78 Å². The summed E-state index contributed by atoms with van der Waals surface area (Å²) in [4.78, 5) is 0. The molecule has 1 aliphatic carbocycles. The lowest BCUT2D eigenvalue weighted by molar-refractivity contribution is -0.0521. The molecule has 66 valence electrons. The van der Waals surface area contributed by atoms with E-state index in [1.807, 2.05) is 12.2 Å². The second-order valence-electron chi connectivity index (χ2n) is 3.32. The maximum Gasteiger partial charge on any atom is 0.267 e. The Morgan fingerprint density at radius 1 is 1.50 bits per heavy atom. The molecular formula is C9H11F2N. The van der Waals surface area contributed by atoms with Crippen LogP contribution in [0, 0.1) is 5.92 Å². The first kappa shape index (κ1) is 7.92. The van der Waals surface area contributed by atoms with Crippen LogP contribution in [-0.2, 0) is 0 Å². The maximum atomic E-state index is 13.2. The Bertz CT molecular complexity index is 243. The van der Waals surface area contributed by atoms with Gasteiger partial charge in [-0.1, -0.05) is 18.2 Å². The molecule has 1 atom stereocenters. The van der Waals surface area contributed by atoms with Crippen LogP contribution in [0.1, 0.15) is 6.42 Å². The first-order valence-electron chi connectivity index (χ1n) is 4.14. The van der Waals surface area contributed by atoms with Crippen LogP contribution in [0.5, 0.6) is 0 Å². The van der Waals surface area contributed by atoms with Gasteiger partial charge in [0.05, 0.1) is 6.54 Å². The van der Waals surface area contributed by atoms with Crippen molar-refractivity contribution in [2.45, 2.75) is 12.3 Å². The number of nitrogens with one attached hydrogen (secondary N) is 1. The van der Waals surface area contributed by atoms with Crippen molar-refractivity contribution in [1.82, 2.24) is 5.32 Å². The Morgan fingerprint density at radius 3 is 3.08 bits per heavy atom. The van der Waals surface area contributed by atoms with E-state index in [9.17, 15) is 8.78 Å². The minimum Gasteiger partial charge on any atom is -0.307 e. The van der Waals surface area contributed by atoms with Gasteiger partial charge in [-0.15, -0.1) is 0 Å². The molecule has 12 heavy (non-hydrogen) atoms. The quantitative estimate of drug-likeness (QED) is 0.585. The van der Waals surface area contributed by atoms with Crippen molar-refractivity contribution in [3.8, 4) is 0 Å². The number of alkyl halides is 2. The Labute approximate surface area is 70.1 Å². The van der Waals surface area contributed by atoms with Crippen molar-refractivity contribution in [3.63, 3.8) is 0 Å². The molecule has 0 aromatic carbocycles. The van der Waals surface area contributed by atoms with Crippen LogP contribution in [0.15, 0.2) is 23.8 Å². The van der Waals surface area contributed by atoms with Crippen LogP contribution in [0.2, 0.25) is 0 Å². The Kier molecular flexibility index (Phi) is 1.76. The van der Waals surface area contributed by atoms with Gasteiger partial charge < -0.3 is 5.32 Å². The molecule has 0 aromatic heterocycles. The second-order valence-corrected chi connectivity index (χ2v) is 3.32. The third-order valence-electron chi connectivity index (χ3n) is 2.47. The van der Waals surface area contributed by atoms with Crippen LogP contribution >= 0.6 is 0 Å². The molecular weight excluding hydrogens is 160 g/mol. The summed E-state index contributed by atoms with van der Waals surface area (Å²) < 4.78 is 26.4. The highest BCUT2D eigenvalue weighted by atomic mass is 19.3. The molecule has 0 bridgehead atoms. The average Bonchev–Trinajstić information content (AvgIpc) is 2.04. The fourth-order valence-corrected chi connectivity index (χ4v) is 1.80. The normalized spacial score (nSPS) is 32.5. The van der Waals surface area contributed by atoms with Gasteiger partial charge in [0, 0.05) is 12.5 Å². The SMILES string of the molecule is FC1(F)CNCC2=CC=CCC21. The molecule has 0 amide bonds.